The zero-order valence-electron chi connectivity index (χ0n) is 12.1. The molecule has 0 bridgehead atoms. The van der Waals surface area contributed by atoms with Gasteiger partial charge < -0.3 is 30.2 Å². The van der Waals surface area contributed by atoms with Gasteiger partial charge in [0.15, 0.2) is 0 Å². The fourth-order valence-electron chi connectivity index (χ4n) is 1.39. The Morgan fingerprint density at radius 3 is 1.35 bits per heavy atom. The van der Waals surface area contributed by atoms with Crippen LogP contribution < -0.4 is 0 Å². The number of ketones is 2. The molecular weight excluding hydrogens is 356 g/mol. The first-order valence-electron chi connectivity index (χ1n) is 5.92. The molecule has 0 saturated heterocycles. The summed E-state index contributed by atoms with van der Waals surface area (Å²) in [6.45, 7) is 0. The van der Waals surface area contributed by atoms with E-state index in [1.54, 1.807) is 0 Å². The van der Waals surface area contributed by atoms with E-state index in [0.717, 1.165) is 0 Å². The Hall–Kier alpha value is -2.64. The van der Waals surface area contributed by atoms with Crippen molar-refractivity contribution in [2.75, 3.05) is 14.2 Å². The summed E-state index contributed by atoms with van der Waals surface area (Å²) in [4.78, 5) is 21.7. The van der Waals surface area contributed by atoms with Gasteiger partial charge in [-0.2, -0.15) is 0 Å². The minimum atomic E-state index is -0.417. The van der Waals surface area contributed by atoms with Crippen LogP contribution in [0.3, 0.4) is 0 Å². The van der Waals surface area contributed by atoms with E-state index in [-0.39, 0.29) is 28.5 Å². The standard InChI is InChI=1S/2C7H7NO3.Cu/c2*1-11-5-2-3-6(8-10)7(9)4-5;/h2*2-4,10H,1H3;/p-2/b2*8-6+;. The molecule has 9 heteroatoms. The number of nitrogens with zero attached hydrogens (tertiary/aromatic N) is 2. The topological polar surface area (TPSA) is 123 Å². The van der Waals surface area contributed by atoms with Crippen molar-refractivity contribution < 1.29 is 36.1 Å². The summed E-state index contributed by atoms with van der Waals surface area (Å²) >= 11 is 0. The van der Waals surface area contributed by atoms with Crippen LogP contribution in [0.25, 0.3) is 0 Å². The number of hydrogen-bond acceptors (Lipinski definition) is 8. The van der Waals surface area contributed by atoms with E-state index in [1.807, 2.05) is 0 Å². The number of ether oxygens (including phenoxy) is 2. The minimum Gasteiger partial charge on any atom is -0.791 e. The zero-order chi connectivity index (χ0) is 16.5. The van der Waals surface area contributed by atoms with Crippen molar-refractivity contribution in [1.29, 1.82) is 0 Å². The number of hydrogen-bond donors (Lipinski definition) is 0. The largest absolute Gasteiger partial charge is 0.791 e. The van der Waals surface area contributed by atoms with E-state index in [9.17, 15) is 20.0 Å². The SMILES string of the molecule is COC1=CC(=O)/C(=N/[O-])C=C1.COC1=CC(=O)/C(=N/[O-])C=C1.[Cu]. The average molecular weight is 368 g/mol. The van der Waals surface area contributed by atoms with Crippen LogP contribution in [-0.4, -0.2) is 37.2 Å². The molecule has 23 heavy (non-hydrogen) atoms. The second-order valence-electron chi connectivity index (χ2n) is 3.85. The van der Waals surface area contributed by atoms with Crippen LogP contribution >= 0.6 is 0 Å². The van der Waals surface area contributed by atoms with Crippen LogP contribution in [0.1, 0.15) is 0 Å². The predicted molar refractivity (Wildman–Crippen MR) is 80.1 cm³/mol. The van der Waals surface area contributed by atoms with Crippen LogP contribution in [0.4, 0.5) is 0 Å². The number of methoxy groups -OCH3 is 2. The van der Waals surface area contributed by atoms with Gasteiger partial charge in [0.05, 0.1) is 25.6 Å². The van der Waals surface area contributed by atoms with E-state index in [0.29, 0.717) is 11.5 Å². The molecule has 0 saturated carbocycles. The van der Waals surface area contributed by atoms with E-state index in [4.69, 9.17) is 9.47 Å². The first kappa shape index (κ1) is 20.4. The molecule has 2 aliphatic rings. The Labute approximate surface area is 142 Å². The summed E-state index contributed by atoms with van der Waals surface area (Å²) < 4.78 is 9.50. The van der Waals surface area contributed by atoms with Gasteiger partial charge in [-0.25, -0.2) is 0 Å². The Morgan fingerprint density at radius 1 is 0.783 bits per heavy atom. The molecule has 8 nitrogen and oxygen atoms in total. The molecule has 0 aromatic heterocycles. The van der Waals surface area contributed by atoms with E-state index < -0.39 is 11.6 Å². The van der Waals surface area contributed by atoms with E-state index in [1.165, 1.54) is 50.7 Å². The Balaban J connectivity index is 0.000000403. The fourth-order valence-corrected chi connectivity index (χ4v) is 1.39. The monoisotopic (exact) mass is 367 g/mol. The first-order chi connectivity index (χ1) is 10.5. The average Bonchev–Trinajstić information content (AvgIpc) is 2.55. The fraction of sp³-hybridized carbons (Fsp3) is 0.143. The summed E-state index contributed by atoms with van der Waals surface area (Å²) in [7, 11) is 2.89. The van der Waals surface area contributed by atoms with Crippen LogP contribution in [0.2, 0.25) is 0 Å². The van der Waals surface area contributed by atoms with Crippen molar-refractivity contribution >= 4 is 23.0 Å². The second-order valence-corrected chi connectivity index (χ2v) is 3.85. The van der Waals surface area contributed by atoms with Gasteiger partial charge in [0, 0.05) is 29.2 Å². The molecule has 0 N–H and O–H groups in total. The summed E-state index contributed by atoms with van der Waals surface area (Å²) in [5.41, 5.74) is -0.184. The van der Waals surface area contributed by atoms with Crippen LogP contribution in [-0.2, 0) is 36.1 Å². The normalized spacial score (nSPS) is 19.4. The molecule has 0 aliphatic heterocycles. The van der Waals surface area contributed by atoms with Gasteiger partial charge in [-0.05, 0) is 24.3 Å². The van der Waals surface area contributed by atoms with Gasteiger partial charge in [0.1, 0.15) is 11.5 Å². The summed E-state index contributed by atoms with van der Waals surface area (Å²) in [5, 5.41) is 24.9. The van der Waals surface area contributed by atoms with Gasteiger partial charge in [-0.15, -0.1) is 0 Å². The van der Waals surface area contributed by atoms with Crippen LogP contribution in [0, 0.1) is 10.4 Å². The zero-order valence-corrected chi connectivity index (χ0v) is 13.1. The Kier molecular flexibility index (Phi) is 8.98. The van der Waals surface area contributed by atoms with Gasteiger partial charge in [0.25, 0.3) is 0 Å². The maximum atomic E-state index is 10.9. The minimum absolute atomic E-state index is 0. The number of carbonyl (C=O) groups excluding carboxylic acids is 2. The van der Waals surface area contributed by atoms with Gasteiger partial charge >= 0.3 is 0 Å². The molecule has 0 heterocycles. The van der Waals surface area contributed by atoms with Crippen molar-refractivity contribution in [1.82, 2.24) is 0 Å². The first-order valence-corrected chi connectivity index (χ1v) is 5.92. The maximum absolute atomic E-state index is 10.9. The molecule has 127 valence electrons. The third kappa shape index (κ3) is 5.93. The molecule has 0 aromatic rings. The number of rotatable bonds is 2. The molecule has 0 atom stereocenters. The number of carbonyl (C=O) groups is 2. The van der Waals surface area contributed by atoms with Crippen LogP contribution in [0.15, 0.2) is 58.3 Å². The Bertz CT molecular complexity index is 588. The Morgan fingerprint density at radius 2 is 1.13 bits per heavy atom. The molecule has 2 rings (SSSR count). The van der Waals surface area contributed by atoms with E-state index >= 15 is 0 Å². The van der Waals surface area contributed by atoms with Gasteiger partial charge in [-0.1, -0.05) is 0 Å². The van der Waals surface area contributed by atoms with Crippen molar-refractivity contribution in [2.45, 2.75) is 0 Å². The quantitative estimate of drug-likeness (QED) is 0.410. The number of allylic oxidation sites excluding steroid dienone is 6. The predicted octanol–water partition coefficient (Wildman–Crippen LogP) is 1.19. The summed E-state index contributed by atoms with van der Waals surface area (Å²) in [6, 6.07) is 0. The molecule has 2 aliphatic carbocycles. The third-order valence-electron chi connectivity index (χ3n) is 2.53. The summed E-state index contributed by atoms with van der Waals surface area (Å²) in [6.07, 6.45) is 8.12. The summed E-state index contributed by atoms with van der Waals surface area (Å²) in [5.74, 6) is 0.0310. The van der Waals surface area contributed by atoms with E-state index in [2.05, 4.69) is 10.3 Å². The van der Waals surface area contributed by atoms with Crippen molar-refractivity contribution in [3.05, 3.63) is 58.4 Å². The molecule has 0 aromatic carbocycles. The maximum Gasteiger partial charge on any atom is 0.207 e. The molecule has 0 spiro atoms. The van der Waals surface area contributed by atoms with Crippen molar-refractivity contribution in [3.8, 4) is 0 Å². The van der Waals surface area contributed by atoms with Gasteiger partial charge in [0.2, 0.25) is 11.6 Å². The van der Waals surface area contributed by atoms with Gasteiger partial charge in [-0.3, -0.25) is 9.59 Å². The second kappa shape index (κ2) is 10.1. The molecule has 1 radical (unpaired) electrons. The molecular formula is C14H12CuN2O6-2. The molecule has 0 unspecified atom stereocenters. The van der Waals surface area contributed by atoms with Crippen LogP contribution in [0.5, 0.6) is 0 Å². The van der Waals surface area contributed by atoms with Crippen molar-refractivity contribution in [3.63, 3.8) is 0 Å². The molecule has 0 fully saturated rings. The smallest absolute Gasteiger partial charge is 0.207 e. The third-order valence-corrected chi connectivity index (χ3v) is 2.53. The molecule has 0 amide bonds. The van der Waals surface area contributed by atoms with Crippen molar-refractivity contribution in [2.24, 2.45) is 10.3 Å².